The van der Waals surface area contributed by atoms with E-state index >= 15 is 0 Å². The Bertz CT molecular complexity index is 867. The summed E-state index contributed by atoms with van der Waals surface area (Å²) in [6.45, 7) is 2.57. The van der Waals surface area contributed by atoms with Crippen LogP contribution < -0.4 is 4.90 Å². The number of nitrogens with one attached hydrogen (secondary N) is 1. The second-order valence-electron chi connectivity index (χ2n) is 8.12. The Labute approximate surface area is 174 Å². The van der Waals surface area contributed by atoms with Gasteiger partial charge in [0.1, 0.15) is 19.2 Å². The molecule has 1 aliphatic heterocycles. The number of quaternary nitrogens is 1. The molecule has 4 heterocycles. The van der Waals surface area contributed by atoms with Gasteiger partial charge >= 0.3 is 0 Å². The van der Waals surface area contributed by atoms with Crippen molar-refractivity contribution in [1.82, 2.24) is 20.2 Å². The van der Waals surface area contributed by atoms with Gasteiger partial charge in [-0.05, 0) is 59.7 Å². The number of rotatable bonds is 8. The third-order valence-electron chi connectivity index (χ3n) is 6.18. The molecular formula is C21H28N5O2S+. The van der Waals surface area contributed by atoms with Crippen LogP contribution in [0.3, 0.4) is 0 Å². The zero-order valence-corrected chi connectivity index (χ0v) is 17.4. The Morgan fingerprint density at radius 1 is 1.17 bits per heavy atom. The topological polar surface area (TPSA) is 70.4 Å². The van der Waals surface area contributed by atoms with E-state index in [1.807, 2.05) is 6.07 Å². The Morgan fingerprint density at radius 2 is 2.10 bits per heavy atom. The number of tetrazole rings is 1. The highest BCUT2D eigenvalue weighted by molar-refractivity contribution is 7.10. The molecule has 3 aromatic heterocycles. The van der Waals surface area contributed by atoms with Gasteiger partial charge in [0.05, 0.1) is 17.2 Å². The van der Waals surface area contributed by atoms with Crippen LogP contribution in [0, 0.1) is 0 Å². The van der Waals surface area contributed by atoms with Crippen molar-refractivity contribution in [2.75, 3.05) is 13.2 Å². The van der Waals surface area contributed by atoms with Crippen LogP contribution in [0.5, 0.6) is 0 Å². The minimum absolute atomic E-state index is 0.0694. The summed E-state index contributed by atoms with van der Waals surface area (Å²) in [6, 6.07) is 8.83. The third kappa shape index (κ3) is 4.15. The lowest BCUT2D eigenvalue weighted by atomic mass is 10.1. The normalized spacial score (nSPS) is 22.3. The Morgan fingerprint density at radius 3 is 2.83 bits per heavy atom. The van der Waals surface area contributed by atoms with Gasteiger partial charge in [0, 0.05) is 6.61 Å². The van der Waals surface area contributed by atoms with Crippen LogP contribution in [0.1, 0.15) is 67.1 Å². The lowest BCUT2D eigenvalue weighted by molar-refractivity contribution is -0.943. The number of hydrogen-bond donors (Lipinski definition) is 1. The first kappa shape index (κ1) is 19.0. The SMILES string of the molecule is c1coc(C[NH+](C[C@@H]2CCCO2)[C@@H](c2cccs2)c2nnnn2C2CCCC2)c1. The van der Waals surface area contributed by atoms with E-state index in [2.05, 4.69) is 43.8 Å². The van der Waals surface area contributed by atoms with E-state index in [0.717, 1.165) is 57.0 Å². The summed E-state index contributed by atoms with van der Waals surface area (Å²) in [5, 5.41) is 15.2. The first-order valence-corrected chi connectivity index (χ1v) is 11.6. The Balaban J connectivity index is 1.51. The van der Waals surface area contributed by atoms with Crippen LogP contribution in [0.2, 0.25) is 0 Å². The molecule has 1 aliphatic carbocycles. The molecule has 1 N–H and O–H groups in total. The van der Waals surface area contributed by atoms with Crippen molar-refractivity contribution in [3.8, 4) is 0 Å². The molecule has 0 radical (unpaired) electrons. The summed E-state index contributed by atoms with van der Waals surface area (Å²) in [5.74, 6) is 1.96. The van der Waals surface area contributed by atoms with Gasteiger partial charge < -0.3 is 14.1 Å². The quantitative estimate of drug-likeness (QED) is 0.614. The van der Waals surface area contributed by atoms with Crippen LogP contribution in [0.15, 0.2) is 40.3 Å². The molecule has 0 aromatic carbocycles. The first-order valence-electron chi connectivity index (χ1n) is 10.7. The monoisotopic (exact) mass is 414 g/mol. The molecule has 5 rings (SSSR count). The molecule has 2 fully saturated rings. The van der Waals surface area contributed by atoms with Crippen molar-refractivity contribution in [3.05, 3.63) is 52.4 Å². The second-order valence-corrected chi connectivity index (χ2v) is 9.10. The minimum atomic E-state index is 0.0694. The van der Waals surface area contributed by atoms with Gasteiger partial charge in [0.25, 0.3) is 0 Å². The van der Waals surface area contributed by atoms with Gasteiger partial charge in [-0.15, -0.1) is 16.4 Å². The van der Waals surface area contributed by atoms with Gasteiger partial charge in [-0.25, -0.2) is 4.68 Å². The summed E-state index contributed by atoms with van der Waals surface area (Å²) in [4.78, 5) is 2.67. The molecule has 29 heavy (non-hydrogen) atoms. The summed E-state index contributed by atoms with van der Waals surface area (Å²) in [5.41, 5.74) is 0. The fraction of sp³-hybridized carbons (Fsp3) is 0.571. The minimum Gasteiger partial charge on any atom is -0.463 e. The maximum Gasteiger partial charge on any atom is 0.215 e. The smallest absolute Gasteiger partial charge is 0.215 e. The highest BCUT2D eigenvalue weighted by Crippen LogP contribution is 2.32. The van der Waals surface area contributed by atoms with Crippen molar-refractivity contribution < 1.29 is 14.1 Å². The second kappa shape index (κ2) is 8.77. The molecule has 2 aliphatic rings. The lowest BCUT2D eigenvalue weighted by Crippen LogP contribution is -3.12. The molecule has 7 nitrogen and oxygen atoms in total. The van der Waals surface area contributed by atoms with Crippen LogP contribution in [0.4, 0.5) is 0 Å². The van der Waals surface area contributed by atoms with E-state index in [4.69, 9.17) is 9.15 Å². The number of thiophene rings is 1. The molecule has 0 amide bonds. The molecule has 1 saturated carbocycles. The van der Waals surface area contributed by atoms with E-state index in [-0.39, 0.29) is 12.1 Å². The third-order valence-corrected chi connectivity index (χ3v) is 7.12. The number of nitrogens with zero attached hydrogens (tertiary/aromatic N) is 4. The predicted molar refractivity (Wildman–Crippen MR) is 109 cm³/mol. The van der Waals surface area contributed by atoms with E-state index in [0.29, 0.717) is 6.04 Å². The molecule has 3 aromatic rings. The van der Waals surface area contributed by atoms with Crippen LogP contribution in [-0.4, -0.2) is 39.5 Å². The maximum atomic E-state index is 6.01. The molecule has 154 valence electrons. The fourth-order valence-corrected chi connectivity index (χ4v) is 5.67. The summed E-state index contributed by atoms with van der Waals surface area (Å²) < 4.78 is 13.8. The number of ether oxygens (including phenoxy) is 1. The largest absolute Gasteiger partial charge is 0.463 e. The van der Waals surface area contributed by atoms with E-state index in [9.17, 15) is 0 Å². The first-order chi connectivity index (χ1) is 14.4. The average Bonchev–Trinajstić information content (AvgIpc) is 3.55. The standard InChI is InChI=1S/C21H27N5O2S/c1-2-7-16(6-1)26-21(22-23-24-26)20(19-10-5-13-29-19)25(14-17-8-3-11-27-17)15-18-9-4-12-28-18/h3,5,8,10-11,13,16,18,20H,1-2,4,6-7,9,12,14-15H2/p+1/t18-,20-/m0/s1. The van der Waals surface area contributed by atoms with Crippen LogP contribution in [-0.2, 0) is 11.3 Å². The van der Waals surface area contributed by atoms with E-state index in [1.54, 1.807) is 17.6 Å². The molecule has 3 atom stereocenters. The molecule has 1 unspecified atom stereocenters. The maximum absolute atomic E-state index is 6.01. The molecule has 0 bridgehead atoms. The van der Waals surface area contributed by atoms with Crippen molar-refractivity contribution in [3.63, 3.8) is 0 Å². The van der Waals surface area contributed by atoms with Gasteiger partial charge in [-0.2, -0.15) is 0 Å². The lowest BCUT2D eigenvalue weighted by Gasteiger charge is -2.29. The predicted octanol–water partition coefficient (Wildman–Crippen LogP) is 2.80. The highest BCUT2D eigenvalue weighted by atomic mass is 32.1. The van der Waals surface area contributed by atoms with E-state index in [1.165, 1.54) is 22.6 Å². The number of furan rings is 1. The summed E-state index contributed by atoms with van der Waals surface area (Å²) in [6.07, 6.45) is 9.12. The molecule has 0 spiro atoms. The zero-order valence-electron chi connectivity index (χ0n) is 16.6. The van der Waals surface area contributed by atoms with Gasteiger partial charge in [0.2, 0.25) is 5.82 Å². The van der Waals surface area contributed by atoms with Gasteiger partial charge in [0.15, 0.2) is 11.8 Å². The zero-order chi connectivity index (χ0) is 19.5. The molecule has 8 heteroatoms. The molecular weight excluding hydrogens is 386 g/mol. The summed E-state index contributed by atoms with van der Waals surface area (Å²) >= 11 is 1.78. The Kier molecular flexibility index (Phi) is 5.73. The van der Waals surface area contributed by atoms with Crippen molar-refractivity contribution in [2.45, 2.75) is 63.3 Å². The fourth-order valence-electron chi connectivity index (χ4n) is 4.79. The van der Waals surface area contributed by atoms with Crippen molar-refractivity contribution in [1.29, 1.82) is 0 Å². The highest BCUT2D eigenvalue weighted by Gasteiger charge is 2.37. The number of hydrogen-bond acceptors (Lipinski definition) is 6. The number of aromatic nitrogens is 4. The Hall–Kier alpha value is -2.03. The molecule has 1 saturated heterocycles. The average molecular weight is 415 g/mol. The van der Waals surface area contributed by atoms with Gasteiger partial charge in [-0.1, -0.05) is 18.9 Å². The van der Waals surface area contributed by atoms with Crippen molar-refractivity contribution >= 4 is 11.3 Å². The van der Waals surface area contributed by atoms with Crippen LogP contribution in [0.25, 0.3) is 0 Å². The van der Waals surface area contributed by atoms with Crippen LogP contribution >= 0.6 is 11.3 Å². The van der Waals surface area contributed by atoms with Gasteiger partial charge in [-0.3, -0.25) is 0 Å². The van der Waals surface area contributed by atoms with Crippen molar-refractivity contribution in [2.24, 2.45) is 0 Å². The van der Waals surface area contributed by atoms with E-state index < -0.39 is 0 Å². The summed E-state index contributed by atoms with van der Waals surface area (Å²) in [7, 11) is 0.